The van der Waals surface area contributed by atoms with Gasteiger partial charge in [0.2, 0.25) is 0 Å². The number of esters is 1. The normalized spacial score (nSPS) is 13.6. The number of aromatic nitrogens is 2. The topological polar surface area (TPSA) is 60.7 Å². The van der Waals surface area contributed by atoms with Gasteiger partial charge in [-0.1, -0.05) is 23.5 Å². The lowest BCUT2D eigenvalue weighted by Gasteiger charge is -2.16. The first-order valence-electron chi connectivity index (χ1n) is 8.90. The Bertz CT molecular complexity index is 1020. The average Bonchev–Trinajstić information content (AvgIpc) is 3.18. The molecule has 1 aromatic carbocycles. The number of nitrogens with zero attached hydrogens (tertiary/aromatic N) is 2. The lowest BCUT2D eigenvalue weighted by Crippen LogP contribution is -2.05. The molecule has 0 N–H and O–H groups in total. The number of fused-ring (bicyclic) bond motifs is 2. The molecule has 2 heterocycles. The lowest BCUT2D eigenvalue weighted by atomic mass is 9.90. The van der Waals surface area contributed by atoms with E-state index in [1.54, 1.807) is 11.3 Å². The van der Waals surface area contributed by atoms with E-state index in [2.05, 4.69) is 17.1 Å². The molecule has 0 aliphatic heterocycles. The molecule has 0 saturated heterocycles. The Morgan fingerprint density at radius 1 is 1.31 bits per heavy atom. The highest BCUT2D eigenvalue weighted by molar-refractivity contribution is 7.19. The molecule has 0 radical (unpaired) electrons. The first-order valence-corrected chi connectivity index (χ1v) is 9.72. The Balaban J connectivity index is 1.84. The molecule has 2 aromatic heterocycles. The van der Waals surface area contributed by atoms with Crippen molar-refractivity contribution in [3.05, 3.63) is 45.6 Å². The molecule has 0 atom stereocenters. The fourth-order valence-corrected chi connectivity index (χ4v) is 4.69. The van der Waals surface area contributed by atoms with Gasteiger partial charge < -0.3 is 4.74 Å². The number of aldehydes is 1. The van der Waals surface area contributed by atoms with E-state index in [4.69, 9.17) is 4.74 Å². The Hall–Kier alpha value is -2.47. The van der Waals surface area contributed by atoms with E-state index in [0.29, 0.717) is 33.5 Å². The molecule has 6 heteroatoms. The van der Waals surface area contributed by atoms with Crippen molar-refractivity contribution in [1.82, 2.24) is 9.38 Å². The molecule has 0 unspecified atom stereocenters. The van der Waals surface area contributed by atoms with Crippen LogP contribution in [0.4, 0.5) is 0 Å². The van der Waals surface area contributed by atoms with Crippen molar-refractivity contribution in [2.45, 2.75) is 39.5 Å². The molecule has 0 saturated carbocycles. The summed E-state index contributed by atoms with van der Waals surface area (Å²) in [7, 11) is 0. The van der Waals surface area contributed by atoms with E-state index in [1.807, 2.05) is 13.0 Å². The van der Waals surface area contributed by atoms with Crippen LogP contribution in [0.2, 0.25) is 0 Å². The van der Waals surface area contributed by atoms with Crippen LogP contribution >= 0.6 is 11.3 Å². The number of ether oxygens (including phenoxy) is 1. The van der Waals surface area contributed by atoms with Crippen LogP contribution in [0.5, 0.6) is 0 Å². The minimum atomic E-state index is -0.368. The minimum absolute atomic E-state index is 0.319. The zero-order chi connectivity index (χ0) is 18.3. The van der Waals surface area contributed by atoms with Gasteiger partial charge in [0.05, 0.1) is 6.61 Å². The summed E-state index contributed by atoms with van der Waals surface area (Å²) in [6, 6.07) is 6.36. The second kappa shape index (κ2) is 6.68. The molecule has 26 heavy (non-hydrogen) atoms. The Morgan fingerprint density at radius 2 is 2.08 bits per heavy atom. The first-order chi connectivity index (χ1) is 12.6. The summed E-state index contributed by atoms with van der Waals surface area (Å²) in [4.78, 5) is 29.8. The van der Waals surface area contributed by atoms with Gasteiger partial charge in [-0.2, -0.15) is 0 Å². The van der Waals surface area contributed by atoms with E-state index < -0.39 is 0 Å². The fraction of sp³-hybridized carbons (Fsp3) is 0.350. The number of hydrogen-bond acceptors (Lipinski definition) is 5. The Morgan fingerprint density at radius 3 is 2.81 bits per heavy atom. The summed E-state index contributed by atoms with van der Waals surface area (Å²) in [5.74, 6) is -0.368. The number of imidazole rings is 1. The number of hydrogen-bond donors (Lipinski definition) is 0. The zero-order valence-electron chi connectivity index (χ0n) is 14.9. The highest BCUT2D eigenvalue weighted by atomic mass is 32.1. The third-order valence-corrected chi connectivity index (χ3v) is 6.06. The number of aryl methyl sites for hydroxylation is 3. The molecular formula is C20H20N2O3S. The third kappa shape index (κ3) is 2.65. The van der Waals surface area contributed by atoms with Crippen molar-refractivity contribution in [3.63, 3.8) is 0 Å². The van der Waals surface area contributed by atoms with E-state index in [9.17, 15) is 9.59 Å². The quantitative estimate of drug-likeness (QED) is 0.510. The largest absolute Gasteiger partial charge is 0.462 e. The molecule has 134 valence electrons. The standard InChI is InChI=1S/C20H20N2O3S/c1-3-25-19(24)18-12(2)22-16(11-23)17(21-20(22)26-18)15-9-8-13-6-4-5-7-14(13)10-15/h8-11H,3-7H2,1-2H3. The van der Waals surface area contributed by atoms with Gasteiger partial charge in [0.15, 0.2) is 11.2 Å². The van der Waals surface area contributed by atoms with Gasteiger partial charge >= 0.3 is 5.97 Å². The van der Waals surface area contributed by atoms with E-state index in [-0.39, 0.29) is 5.97 Å². The highest BCUT2D eigenvalue weighted by Crippen LogP contribution is 2.33. The van der Waals surface area contributed by atoms with Crippen molar-refractivity contribution in [3.8, 4) is 11.3 Å². The SMILES string of the molecule is CCOC(=O)c1sc2nc(-c3ccc4c(c3)CCCC4)c(C=O)n2c1C. The minimum Gasteiger partial charge on any atom is -0.462 e. The van der Waals surface area contributed by atoms with E-state index in [0.717, 1.165) is 24.7 Å². The van der Waals surface area contributed by atoms with Crippen molar-refractivity contribution < 1.29 is 14.3 Å². The maximum Gasteiger partial charge on any atom is 0.350 e. The molecule has 1 aliphatic carbocycles. The Kier molecular flexibility index (Phi) is 4.36. The maximum absolute atomic E-state index is 12.1. The fourth-order valence-electron chi connectivity index (χ4n) is 3.66. The van der Waals surface area contributed by atoms with Crippen molar-refractivity contribution in [2.24, 2.45) is 0 Å². The number of benzene rings is 1. The van der Waals surface area contributed by atoms with Crippen molar-refractivity contribution >= 4 is 28.6 Å². The van der Waals surface area contributed by atoms with Crippen molar-refractivity contribution in [2.75, 3.05) is 6.61 Å². The van der Waals surface area contributed by atoms with E-state index in [1.165, 1.54) is 35.3 Å². The smallest absolute Gasteiger partial charge is 0.350 e. The average molecular weight is 368 g/mol. The summed E-state index contributed by atoms with van der Waals surface area (Å²) < 4.78 is 6.86. The predicted molar refractivity (Wildman–Crippen MR) is 101 cm³/mol. The molecule has 3 aromatic rings. The molecule has 5 nitrogen and oxygen atoms in total. The second-order valence-corrected chi connectivity index (χ2v) is 7.49. The van der Waals surface area contributed by atoms with Crippen LogP contribution in [-0.2, 0) is 17.6 Å². The van der Waals surface area contributed by atoms with Crippen LogP contribution in [-0.4, -0.2) is 28.2 Å². The molecule has 4 rings (SSSR count). The number of rotatable bonds is 4. The first kappa shape index (κ1) is 17.0. The molecule has 0 bridgehead atoms. The van der Waals surface area contributed by atoms with E-state index >= 15 is 0 Å². The molecular weight excluding hydrogens is 348 g/mol. The second-order valence-electron chi connectivity index (χ2n) is 6.51. The number of carbonyl (C=O) groups excluding carboxylic acids is 2. The molecule has 0 amide bonds. The third-order valence-electron chi connectivity index (χ3n) is 4.93. The van der Waals surface area contributed by atoms with Gasteiger partial charge in [-0.3, -0.25) is 9.20 Å². The number of carbonyl (C=O) groups is 2. The maximum atomic E-state index is 12.1. The van der Waals surface area contributed by atoms with Crippen LogP contribution in [0, 0.1) is 6.92 Å². The van der Waals surface area contributed by atoms with Gasteiger partial charge in [0.1, 0.15) is 16.3 Å². The molecule has 0 fully saturated rings. The van der Waals surface area contributed by atoms with Gasteiger partial charge in [-0.05, 0) is 56.7 Å². The molecule has 1 aliphatic rings. The Labute approximate surface area is 155 Å². The van der Waals surface area contributed by atoms with Crippen LogP contribution in [0.15, 0.2) is 18.2 Å². The van der Waals surface area contributed by atoms with Crippen LogP contribution in [0.1, 0.15) is 56.7 Å². The summed E-state index contributed by atoms with van der Waals surface area (Å²) in [5, 5.41) is 0. The summed E-state index contributed by atoms with van der Waals surface area (Å²) >= 11 is 1.26. The van der Waals surface area contributed by atoms with Gasteiger partial charge in [-0.25, -0.2) is 9.78 Å². The summed E-state index contributed by atoms with van der Waals surface area (Å²) in [6.07, 6.45) is 5.47. The summed E-state index contributed by atoms with van der Waals surface area (Å²) in [5.41, 5.74) is 5.57. The van der Waals surface area contributed by atoms with Crippen LogP contribution in [0.25, 0.3) is 16.2 Å². The molecule has 0 spiro atoms. The number of thiazole rings is 1. The van der Waals surface area contributed by atoms with Gasteiger partial charge in [0.25, 0.3) is 0 Å². The zero-order valence-corrected chi connectivity index (χ0v) is 15.7. The monoisotopic (exact) mass is 368 g/mol. The lowest BCUT2D eigenvalue weighted by molar-refractivity contribution is 0.0530. The van der Waals surface area contributed by atoms with Gasteiger partial charge in [-0.15, -0.1) is 0 Å². The van der Waals surface area contributed by atoms with Crippen molar-refractivity contribution in [1.29, 1.82) is 0 Å². The summed E-state index contributed by atoms with van der Waals surface area (Å²) in [6.45, 7) is 3.91. The van der Waals surface area contributed by atoms with Gasteiger partial charge in [0, 0.05) is 11.3 Å². The van der Waals surface area contributed by atoms with Crippen LogP contribution in [0.3, 0.4) is 0 Å². The predicted octanol–water partition coefficient (Wildman–Crippen LogP) is 4.24. The van der Waals surface area contributed by atoms with Crippen LogP contribution < -0.4 is 0 Å². The highest BCUT2D eigenvalue weighted by Gasteiger charge is 2.23.